The van der Waals surface area contributed by atoms with E-state index >= 15 is 0 Å². The molecule has 2 N–H and O–H groups in total. The van der Waals surface area contributed by atoms with Crippen LogP contribution < -0.4 is 9.46 Å². The van der Waals surface area contributed by atoms with Gasteiger partial charge in [-0.15, -0.1) is 0 Å². The molecule has 1 saturated carbocycles. The van der Waals surface area contributed by atoms with Crippen LogP contribution in [0.25, 0.3) is 5.57 Å². The Morgan fingerprint density at radius 1 is 1.18 bits per heavy atom. The quantitative estimate of drug-likeness (QED) is 0.260. The van der Waals surface area contributed by atoms with E-state index < -0.39 is 39.5 Å². The number of benzene rings is 1. The second-order valence-corrected chi connectivity index (χ2v) is 10.7. The smallest absolute Gasteiger partial charge is 0.391 e. The van der Waals surface area contributed by atoms with Crippen LogP contribution >= 0.6 is 0 Å². The van der Waals surface area contributed by atoms with E-state index in [0.717, 1.165) is 6.07 Å². The minimum atomic E-state index is -4.34. The van der Waals surface area contributed by atoms with Crippen LogP contribution in [-0.2, 0) is 10.0 Å². The van der Waals surface area contributed by atoms with Gasteiger partial charge in [-0.2, -0.15) is 21.6 Å². The number of methoxy groups -OCH3 is 1. The number of rotatable bonds is 9. The van der Waals surface area contributed by atoms with Crippen molar-refractivity contribution in [2.24, 2.45) is 11.8 Å². The Balaban J connectivity index is 1.78. The first-order valence-corrected chi connectivity index (χ1v) is 13.4. The topological polar surface area (TPSA) is 106 Å². The summed E-state index contributed by atoms with van der Waals surface area (Å²) in [5, 5.41) is 8.70. The third-order valence-corrected chi connectivity index (χ3v) is 7.87. The number of nitrogens with zero attached hydrogens (tertiary/aromatic N) is 1. The zero-order valence-corrected chi connectivity index (χ0v) is 22.1. The van der Waals surface area contributed by atoms with E-state index in [2.05, 4.69) is 16.3 Å². The lowest BCUT2D eigenvalue weighted by molar-refractivity contribution is -0.183. The molecule has 0 bridgehead atoms. The van der Waals surface area contributed by atoms with Gasteiger partial charge in [-0.1, -0.05) is 30.4 Å². The third-order valence-electron chi connectivity index (χ3n) is 6.61. The second-order valence-electron chi connectivity index (χ2n) is 9.07. The van der Waals surface area contributed by atoms with E-state index in [1.54, 1.807) is 31.2 Å². The molecule has 7 nitrogen and oxygen atoms in total. The molecule has 1 aliphatic carbocycles. The van der Waals surface area contributed by atoms with Crippen LogP contribution in [-0.4, -0.2) is 37.8 Å². The Morgan fingerprint density at radius 3 is 2.41 bits per heavy atom. The molecule has 39 heavy (non-hydrogen) atoms. The number of carboxylic acid groups (broad SMARTS) is 1. The van der Waals surface area contributed by atoms with E-state index in [-0.39, 0.29) is 35.2 Å². The fraction of sp³-hybridized carbons (Fsp3) is 0.333. The number of allylic oxidation sites excluding steroid dienone is 5. The van der Waals surface area contributed by atoms with Gasteiger partial charge in [-0.3, -0.25) is 4.72 Å². The predicted octanol–water partition coefficient (Wildman–Crippen LogP) is 6.61. The molecule has 0 unspecified atom stereocenters. The zero-order chi connectivity index (χ0) is 29.0. The molecule has 210 valence electrons. The summed E-state index contributed by atoms with van der Waals surface area (Å²) in [6.07, 6.45) is 3.15. The summed E-state index contributed by atoms with van der Waals surface area (Å²) in [5.74, 6) is -4.25. The van der Waals surface area contributed by atoms with Crippen molar-refractivity contribution in [1.82, 2.24) is 4.98 Å². The van der Waals surface area contributed by atoms with E-state index in [1.165, 1.54) is 19.4 Å². The number of aromatic carboxylic acids is 1. The molecular formula is C27H28F4N2O5S. The lowest BCUT2D eigenvalue weighted by Crippen LogP contribution is -2.28. The van der Waals surface area contributed by atoms with E-state index in [4.69, 9.17) is 9.84 Å². The van der Waals surface area contributed by atoms with E-state index in [9.17, 15) is 30.8 Å². The molecule has 0 radical (unpaired) electrons. The molecule has 0 aliphatic heterocycles. The van der Waals surface area contributed by atoms with Gasteiger partial charge in [0.05, 0.1) is 24.3 Å². The summed E-state index contributed by atoms with van der Waals surface area (Å²) >= 11 is 0. The van der Waals surface area contributed by atoms with Gasteiger partial charge in [0.15, 0.2) is 5.03 Å². The van der Waals surface area contributed by atoms with Crippen LogP contribution in [0, 0.1) is 17.7 Å². The van der Waals surface area contributed by atoms with Gasteiger partial charge in [-0.05, 0) is 67.9 Å². The summed E-state index contributed by atoms with van der Waals surface area (Å²) < 4.78 is 86.3. The van der Waals surface area contributed by atoms with E-state index in [1.807, 2.05) is 0 Å². The minimum absolute atomic E-state index is 0.0593. The van der Waals surface area contributed by atoms with Gasteiger partial charge in [-0.25, -0.2) is 14.2 Å². The summed E-state index contributed by atoms with van der Waals surface area (Å²) in [4.78, 5) is 15.1. The first kappa shape index (κ1) is 29.9. The van der Waals surface area contributed by atoms with Crippen LogP contribution in [0.3, 0.4) is 0 Å². The zero-order valence-electron chi connectivity index (χ0n) is 21.3. The number of nitrogens with one attached hydrogen (secondary N) is 1. The SMILES string of the molecule is C=C(/C=C\C(=C/C)c1ccnc(S(=O)(=O)Nc2cc(F)c(C(=O)O)cc2OC)c1)C1CCC(C(F)(F)F)CC1. The van der Waals surface area contributed by atoms with Crippen LogP contribution in [0.15, 0.2) is 65.9 Å². The number of hydrogen-bond acceptors (Lipinski definition) is 5. The van der Waals surface area contributed by atoms with Gasteiger partial charge in [0.25, 0.3) is 10.0 Å². The molecule has 0 atom stereocenters. The van der Waals surface area contributed by atoms with Crippen molar-refractivity contribution >= 4 is 27.3 Å². The van der Waals surface area contributed by atoms with Gasteiger partial charge in [0.1, 0.15) is 11.6 Å². The Morgan fingerprint density at radius 2 is 1.85 bits per heavy atom. The van der Waals surface area contributed by atoms with E-state index in [0.29, 0.717) is 35.6 Å². The molecule has 1 heterocycles. The Bertz CT molecular complexity index is 1410. The molecular weight excluding hydrogens is 540 g/mol. The maximum atomic E-state index is 14.2. The second kappa shape index (κ2) is 12.0. The number of carbonyl (C=O) groups is 1. The predicted molar refractivity (Wildman–Crippen MR) is 138 cm³/mol. The number of sulfonamides is 1. The highest BCUT2D eigenvalue weighted by atomic mass is 32.2. The van der Waals surface area contributed by atoms with Crippen molar-refractivity contribution in [3.05, 3.63) is 77.8 Å². The molecule has 1 aliphatic rings. The number of hydrogen-bond donors (Lipinski definition) is 2. The first-order chi connectivity index (χ1) is 18.3. The highest BCUT2D eigenvalue weighted by molar-refractivity contribution is 7.92. The van der Waals surface area contributed by atoms with Crippen LogP contribution in [0.4, 0.5) is 23.2 Å². The highest BCUT2D eigenvalue weighted by Gasteiger charge is 2.41. The standard InChI is InChI=1S/C27H28F4N2O5S/c1-4-17(6-5-16(2)18-7-9-20(10-8-18)27(29,30)31)19-11-12-32-25(13-19)39(36,37)33-23-15-22(28)21(26(34)35)14-24(23)38-3/h4-6,11-15,18,20,33H,2,7-10H2,1,3H3,(H,34,35)/b6-5-,17-4+. The third kappa shape index (κ3) is 7.25. The van der Waals surface area contributed by atoms with Gasteiger partial charge in [0, 0.05) is 12.3 Å². The number of halogens is 4. The van der Waals surface area contributed by atoms with Gasteiger partial charge in [0.2, 0.25) is 0 Å². The average Bonchev–Trinajstić information content (AvgIpc) is 2.88. The fourth-order valence-corrected chi connectivity index (χ4v) is 5.42. The number of pyridine rings is 1. The molecule has 0 spiro atoms. The number of carboxylic acids is 1. The number of anilines is 1. The summed E-state index contributed by atoms with van der Waals surface area (Å²) in [6.45, 7) is 5.75. The van der Waals surface area contributed by atoms with Crippen molar-refractivity contribution in [1.29, 1.82) is 0 Å². The van der Waals surface area contributed by atoms with Crippen molar-refractivity contribution in [2.75, 3.05) is 11.8 Å². The molecule has 3 rings (SSSR count). The molecule has 0 amide bonds. The average molecular weight is 569 g/mol. The minimum Gasteiger partial charge on any atom is -0.495 e. The monoisotopic (exact) mass is 568 g/mol. The van der Waals surface area contributed by atoms with Gasteiger partial charge >= 0.3 is 12.1 Å². The number of aromatic nitrogens is 1. The summed E-state index contributed by atoms with van der Waals surface area (Å²) in [7, 11) is -3.17. The van der Waals surface area contributed by atoms with Crippen LogP contribution in [0.2, 0.25) is 0 Å². The maximum absolute atomic E-state index is 14.2. The van der Waals surface area contributed by atoms with Gasteiger partial charge < -0.3 is 9.84 Å². The summed E-state index contributed by atoms with van der Waals surface area (Å²) in [6, 6.07) is 4.45. The van der Waals surface area contributed by atoms with Crippen molar-refractivity contribution in [3.63, 3.8) is 0 Å². The fourth-order valence-electron chi connectivity index (χ4n) is 4.38. The molecule has 12 heteroatoms. The molecule has 1 aromatic carbocycles. The Labute approximate surface area is 224 Å². The highest BCUT2D eigenvalue weighted by Crippen LogP contribution is 2.41. The molecule has 1 fully saturated rings. The maximum Gasteiger partial charge on any atom is 0.391 e. The van der Waals surface area contributed by atoms with Crippen molar-refractivity contribution in [2.45, 2.75) is 43.8 Å². The Hall–Kier alpha value is -3.67. The van der Waals surface area contributed by atoms with Crippen LogP contribution in [0.5, 0.6) is 5.75 Å². The molecule has 0 saturated heterocycles. The first-order valence-electron chi connectivity index (χ1n) is 12.0. The lowest BCUT2D eigenvalue weighted by atomic mass is 9.78. The normalized spacial score (nSPS) is 18.7. The Kier molecular flexibility index (Phi) is 9.21. The molecule has 2 aromatic rings. The number of alkyl halides is 3. The number of ether oxygens (including phenoxy) is 1. The largest absolute Gasteiger partial charge is 0.495 e. The summed E-state index contributed by atoms with van der Waals surface area (Å²) in [5.41, 5.74) is 0.798. The lowest BCUT2D eigenvalue weighted by Gasteiger charge is -2.30. The van der Waals surface area contributed by atoms with Crippen molar-refractivity contribution < 1.29 is 40.6 Å². The van der Waals surface area contributed by atoms with Crippen molar-refractivity contribution in [3.8, 4) is 5.75 Å². The molecule has 1 aromatic heterocycles. The van der Waals surface area contributed by atoms with Crippen LogP contribution in [0.1, 0.15) is 48.5 Å².